The zero-order valence-electron chi connectivity index (χ0n) is 12.3. The maximum absolute atomic E-state index is 11.0. The molecule has 4 heteroatoms. The summed E-state index contributed by atoms with van der Waals surface area (Å²) < 4.78 is 11.3. The van der Waals surface area contributed by atoms with Crippen molar-refractivity contribution in [2.24, 2.45) is 0 Å². The summed E-state index contributed by atoms with van der Waals surface area (Å²) in [5.74, 6) is -0.132. The van der Waals surface area contributed by atoms with E-state index in [4.69, 9.17) is 9.47 Å². The summed E-state index contributed by atoms with van der Waals surface area (Å²) >= 11 is 0. The van der Waals surface area contributed by atoms with Gasteiger partial charge in [-0.1, -0.05) is 30.8 Å². The first-order chi connectivity index (χ1) is 10.3. The Morgan fingerprint density at radius 1 is 1.33 bits per heavy atom. The molecule has 0 spiro atoms. The van der Waals surface area contributed by atoms with Gasteiger partial charge in [-0.05, 0) is 42.9 Å². The van der Waals surface area contributed by atoms with Gasteiger partial charge in [-0.3, -0.25) is 4.79 Å². The monoisotopic (exact) mass is 289 g/mol. The summed E-state index contributed by atoms with van der Waals surface area (Å²) in [5.41, 5.74) is 2.33. The van der Waals surface area contributed by atoms with E-state index in [1.54, 1.807) is 0 Å². The lowest BCUT2D eigenvalue weighted by molar-refractivity contribution is -0.168. The Hall–Kier alpha value is -1.65. The van der Waals surface area contributed by atoms with Gasteiger partial charge in [-0.25, -0.2) is 0 Å². The fourth-order valence-corrected chi connectivity index (χ4v) is 2.24. The molecule has 1 amide bonds. The van der Waals surface area contributed by atoms with Crippen LogP contribution in [0.15, 0.2) is 36.9 Å². The third-order valence-corrected chi connectivity index (χ3v) is 3.50. The Bertz CT molecular complexity index is 450. The van der Waals surface area contributed by atoms with Gasteiger partial charge >= 0.3 is 0 Å². The molecule has 1 aliphatic heterocycles. The molecule has 21 heavy (non-hydrogen) atoms. The van der Waals surface area contributed by atoms with Gasteiger partial charge in [0.25, 0.3) is 0 Å². The first kappa shape index (κ1) is 15.7. The van der Waals surface area contributed by atoms with E-state index in [2.05, 4.69) is 36.2 Å². The molecule has 2 rings (SSSR count). The molecule has 0 saturated carbocycles. The first-order valence-electron chi connectivity index (χ1n) is 7.49. The average molecular weight is 289 g/mol. The van der Waals surface area contributed by atoms with Crippen LogP contribution in [0.25, 0.3) is 0 Å². The third-order valence-electron chi connectivity index (χ3n) is 3.50. The second kappa shape index (κ2) is 8.60. The van der Waals surface area contributed by atoms with Crippen LogP contribution in [0.1, 0.15) is 30.4 Å². The van der Waals surface area contributed by atoms with E-state index in [9.17, 15) is 4.79 Å². The molecule has 0 aromatic heterocycles. The van der Waals surface area contributed by atoms with Gasteiger partial charge in [0.05, 0.1) is 6.61 Å². The zero-order valence-corrected chi connectivity index (χ0v) is 12.3. The highest BCUT2D eigenvalue weighted by molar-refractivity contribution is 5.86. The summed E-state index contributed by atoms with van der Waals surface area (Å²) in [7, 11) is 0. The summed E-state index contributed by atoms with van der Waals surface area (Å²) in [5, 5.41) is 2.77. The molecule has 1 aromatic rings. The number of amides is 1. The lowest BCUT2D eigenvalue weighted by Crippen LogP contribution is -2.23. The number of rotatable bonds is 7. The molecule has 1 N–H and O–H groups in total. The average Bonchev–Trinajstić information content (AvgIpc) is 2.55. The Morgan fingerprint density at radius 3 is 2.76 bits per heavy atom. The summed E-state index contributed by atoms with van der Waals surface area (Å²) in [6.07, 6.45) is 5.35. The van der Waals surface area contributed by atoms with Gasteiger partial charge in [0.1, 0.15) is 0 Å². The van der Waals surface area contributed by atoms with Crippen LogP contribution in [0.3, 0.4) is 0 Å². The minimum absolute atomic E-state index is 0.0486. The predicted octanol–water partition coefficient (Wildman–Crippen LogP) is 2.57. The lowest BCUT2D eigenvalue weighted by atomic mass is 10.1. The van der Waals surface area contributed by atoms with Crippen LogP contribution in [0.4, 0.5) is 0 Å². The van der Waals surface area contributed by atoms with Crippen LogP contribution in [-0.2, 0) is 27.3 Å². The molecular formula is C17H23NO3. The van der Waals surface area contributed by atoms with E-state index in [-0.39, 0.29) is 12.2 Å². The van der Waals surface area contributed by atoms with Crippen LogP contribution in [-0.4, -0.2) is 25.3 Å². The SMILES string of the molecule is C=CC(=O)NCCc1ccc(COC2CCCCO2)cc1. The molecule has 1 saturated heterocycles. The normalized spacial score (nSPS) is 18.2. The number of hydrogen-bond donors (Lipinski definition) is 1. The number of benzene rings is 1. The molecule has 1 fully saturated rings. The molecule has 4 nitrogen and oxygen atoms in total. The zero-order chi connectivity index (χ0) is 14.9. The summed E-state index contributed by atoms with van der Waals surface area (Å²) in [4.78, 5) is 11.0. The van der Waals surface area contributed by atoms with Crippen LogP contribution in [0, 0.1) is 0 Å². The van der Waals surface area contributed by atoms with E-state index >= 15 is 0 Å². The first-order valence-corrected chi connectivity index (χ1v) is 7.49. The van der Waals surface area contributed by atoms with Crippen molar-refractivity contribution in [3.8, 4) is 0 Å². The van der Waals surface area contributed by atoms with Crippen LogP contribution >= 0.6 is 0 Å². The van der Waals surface area contributed by atoms with Crippen molar-refractivity contribution in [1.29, 1.82) is 0 Å². The van der Waals surface area contributed by atoms with Crippen molar-refractivity contribution in [2.75, 3.05) is 13.2 Å². The minimum atomic E-state index is -0.132. The Morgan fingerprint density at radius 2 is 2.10 bits per heavy atom. The molecule has 1 aliphatic rings. The highest BCUT2D eigenvalue weighted by Crippen LogP contribution is 2.16. The van der Waals surface area contributed by atoms with Gasteiger partial charge in [0, 0.05) is 13.2 Å². The van der Waals surface area contributed by atoms with Crippen molar-refractivity contribution in [1.82, 2.24) is 5.32 Å². The van der Waals surface area contributed by atoms with Crippen LogP contribution in [0.5, 0.6) is 0 Å². The molecule has 0 aliphatic carbocycles. The number of nitrogens with one attached hydrogen (secondary N) is 1. The number of carbonyl (C=O) groups excluding carboxylic acids is 1. The highest BCUT2D eigenvalue weighted by atomic mass is 16.7. The number of hydrogen-bond acceptors (Lipinski definition) is 3. The standard InChI is InChI=1S/C17H23NO3/c1-2-16(19)18-11-10-14-6-8-15(9-7-14)13-21-17-5-3-4-12-20-17/h2,6-9,17H,1,3-5,10-13H2,(H,18,19). The number of ether oxygens (including phenoxy) is 2. The second-order valence-corrected chi connectivity index (χ2v) is 5.17. The van der Waals surface area contributed by atoms with Gasteiger partial charge in [0.15, 0.2) is 6.29 Å². The molecule has 1 heterocycles. The van der Waals surface area contributed by atoms with E-state index in [1.165, 1.54) is 18.1 Å². The summed E-state index contributed by atoms with van der Waals surface area (Å²) in [6.45, 7) is 5.43. The molecule has 114 valence electrons. The Kier molecular flexibility index (Phi) is 6.44. The van der Waals surface area contributed by atoms with Gasteiger partial charge < -0.3 is 14.8 Å². The highest BCUT2D eigenvalue weighted by Gasteiger charge is 2.13. The van der Waals surface area contributed by atoms with Crippen LogP contribution in [0.2, 0.25) is 0 Å². The fourth-order valence-electron chi connectivity index (χ4n) is 2.24. The van der Waals surface area contributed by atoms with Crippen molar-refractivity contribution >= 4 is 5.91 Å². The maximum atomic E-state index is 11.0. The van der Waals surface area contributed by atoms with E-state index in [0.717, 1.165) is 31.4 Å². The van der Waals surface area contributed by atoms with Gasteiger partial charge in [-0.2, -0.15) is 0 Å². The topological polar surface area (TPSA) is 47.6 Å². The molecule has 1 unspecified atom stereocenters. The van der Waals surface area contributed by atoms with Crippen molar-refractivity contribution in [3.63, 3.8) is 0 Å². The molecular weight excluding hydrogens is 266 g/mol. The largest absolute Gasteiger partial charge is 0.353 e. The van der Waals surface area contributed by atoms with Gasteiger partial charge in [-0.15, -0.1) is 0 Å². The molecule has 1 aromatic carbocycles. The Balaban J connectivity index is 1.70. The van der Waals surface area contributed by atoms with E-state index < -0.39 is 0 Å². The smallest absolute Gasteiger partial charge is 0.243 e. The fraction of sp³-hybridized carbons (Fsp3) is 0.471. The van der Waals surface area contributed by atoms with Crippen LogP contribution < -0.4 is 5.32 Å². The molecule has 0 bridgehead atoms. The Labute approximate surface area is 126 Å². The lowest BCUT2D eigenvalue weighted by Gasteiger charge is -2.22. The van der Waals surface area contributed by atoms with E-state index in [0.29, 0.717) is 13.2 Å². The van der Waals surface area contributed by atoms with Gasteiger partial charge in [0.2, 0.25) is 5.91 Å². The summed E-state index contributed by atoms with van der Waals surface area (Å²) in [6, 6.07) is 8.27. The molecule has 1 atom stereocenters. The van der Waals surface area contributed by atoms with Crippen molar-refractivity contribution in [3.05, 3.63) is 48.0 Å². The third kappa shape index (κ3) is 5.69. The van der Waals surface area contributed by atoms with Crippen molar-refractivity contribution in [2.45, 2.75) is 38.6 Å². The number of carbonyl (C=O) groups is 1. The maximum Gasteiger partial charge on any atom is 0.243 e. The van der Waals surface area contributed by atoms with E-state index in [1.807, 2.05) is 0 Å². The minimum Gasteiger partial charge on any atom is -0.353 e. The van der Waals surface area contributed by atoms with Crippen molar-refractivity contribution < 1.29 is 14.3 Å². The predicted molar refractivity (Wildman–Crippen MR) is 81.7 cm³/mol. The molecule has 0 radical (unpaired) electrons. The second-order valence-electron chi connectivity index (χ2n) is 5.17. The quantitative estimate of drug-likeness (QED) is 0.785.